The summed E-state index contributed by atoms with van der Waals surface area (Å²) in [7, 11) is 3.83. The predicted octanol–water partition coefficient (Wildman–Crippen LogP) is 5.55. The van der Waals surface area contributed by atoms with Gasteiger partial charge in [0.25, 0.3) is 0 Å². The number of nitrogens with zero attached hydrogens (tertiary/aromatic N) is 3. The van der Waals surface area contributed by atoms with Crippen LogP contribution in [0.25, 0.3) is 0 Å². The van der Waals surface area contributed by atoms with Crippen LogP contribution >= 0.6 is 24.0 Å². The Balaban J connectivity index is 1.61. The van der Waals surface area contributed by atoms with Gasteiger partial charge in [0.2, 0.25) is 5.91 Å². The average Bonchev–Trinajstić information content (AvgIpc) is 2.89. The van der Waals surface area contributed by atoms with E-state index in [9.17, 15) is 9.18 Å². The summed E-state index contributed by atoms with van der Waals surface area (Å²) in [5, 5.41) is 5.44. The van der Waals surface area contributed by atoms with Gasteiger partial charge in [0.05, 0.1) is 17.0 Å². The van der Waals surface area contributed by atoms with Crippen molar-refractivity contribution in [3.05, 3.63) is 89.8 Å². The minimum absolute atomic E-state index is 0.0384. The van der Waals surface area contributed by atoms with Crippen molar-refractivity contribution >= 4 is 46.9 Å². The van der Waals surface area contributed by atoms with Gasteiger partial charge in [0.1, 0.15) is 5.75 Å². The summed E-state index contributed by atoms with van der Waals surface area (Å²) < 4.78 is 20.8. The molecule has 39 heavy (non-hydrogen) atoms. The van der Waals surface area contributed by atoms with Gasteiger partial charge in [-0.3, -0.25) is 14.8 Å². The van der Waals surface area contributed by atoms with Crippen LogP contribution in [-0.4, -0.2) is 47.0 Å². The number of pyridine rings is 1. The maximum atomic E-state index is 14.9. The number of aromatic nitrogens is 1. The molecule has 0 spiro atoms. The number of ether oxygens (including phenoxy) is 1. The molecule has 3 aromatic rings. The standard InChI is InChI=1S/C29H28FN5O2S2/c1-5-21-8-6-7-9-22(21)18-27(36)34-29(38)33-23-10-11-25(24(30)19-23)37-26-12-13-32-20(2)28(26)39-17-15-31-14-16-35(3)4/h1,6-16,19H,17-18H2,2-4H3,(H2,33,34,36,38)/b16-14-,31-15?. The first kappa shape index (κ1) is 29.4. The molecule has 0 saturated heterocycles. The first-order valence-corrected chi connectivity index (χ1v) is 13.2. The van der Waals surface area contributed by atoms with Crippen molar-refractivity contribution in [2.24, 2.45) is 4.99 Å². The molecule has 200 valence electrons. The number of benzene rings is 2. The van der Waals surface area contributed by atoms with Gasteiger partial charge >= 0.3 is 0 Å². The highest BCUT2D eigenvalue weighted by molar-refractivity contribution is 8.00. The summed E-state index contributed by atoms with van der Waals surface area (Å²) in [5.74, 6) is 2.72. The van der Waals surface area contributed by atoms with Crippen LogP contribution < -0.4 is 15.4 Å². The molecular formula is C29H28FN5O2S2. The smallest absolute Gasteiger partial charge is 0.230 e. The molecule has 0 fully saturated rings. The second kappa shape index (κ2) is 14.7. The first-order valence-electron chi connectivity index (χ1n) is 11.8. The first-order chi connectivity index (χ1) is 18.8. The Bertz CT molecular complexity index is 1430. The molecule has 0 bridgehead atoms. The number of carbonyl (C=O) groups is 1. The Kier molecular flexibility index (Phi) is 11.0. The molecule has 1 aromatic heterocycles. The molecule has 0 unspecified atom stereocenters. The highest BCUT2D eigenvalue weighted by Crippen LogP contribution is 2.35. The van der Waals surface area contributed by atoms with Gasteiger partial charge < -0.3 is 20.3 Å². The number of terminal acetylenes is 1. The number of hydrogen-bond acceptors (Lipinski definition) is 7. The van der Waals surface area contributed by atoms with Crippen molar-refractivity contribution in [2.75, 3.05) is 25.2 Å². The molecule has 0 aliphatic carbocycles. The number of anilines is 1. The SMILES string of the molecule is C#Cc1ccccc1CC(=O)NC(=S)Nc1ccc(Oc2ccnc(C)c2SCC=N/C=C\N(C)C)c(F)c1. The summed E-state index contributed by atoms with van der Waals surface area (Å²) >= 11 is 6.71. The number of aryl methyl sites for hydroxylation is 1. The van der Waals surface area contributed by atoms with E-state index in [1.54, 1.807) is 48.9 Å². The van der Waals surface area contributed by atoms with Crippen molar-refractivity contribution in [1.82, 2.24) is 15.2 Å². The van der Waals surface area contributed by atoms with Gasteiger partial charge in [0, 0.05) is 68.0 Å². The molecule has 0 aliphatic heterocycles. The topological polar surface area (TPSA) is 78.8 Å². The second-order valence-electron chi connectivity index (χ2n) is 8.36. The number of rotatable bonds is 10. The quantitative estimate of drug-likeness (QED) is 0.145. The lowest BCUT2D eigenvalue weighted by Gasteiger charge is -2.14. The normalized spacial score (nSPS) is 10.8. The number of nitrogens with one attached hydrogen (secondary N) is 2. The van der Waals surface area contributed by atoms with Crippen molar-refractivity contribution in [3.63, 3.8) is 0 Å². The van der Waals surface area contributed by atoms with E-state index in [-0.39, 0.29) is 23.2 Å². The lowest BCUT2D eigenvalue weighted by atomic mass is 10.1. The monoisotopic (exact) mass is 561 g/mol. The third-order valence-corrected chi connectivity index (χ3v) is 6.40. The number of hydrogen-bond donors (Lipinski definition) is 2. The molecule has 0 atom stereocenters. The van der Waals surface area contributed by atoms with Gasteiger partial charge in [0.15, 0.2) is 16.7 Å². The van der Waals surface area contributed by atoms with Crippen molar-refractivity contribution < 1.29 is 13.9 Å². The van der Waals surface area contributed by atoms with Gasteiger partial charge in [-0.15, -0.1) is 18.2 Å². The zero-order valence-corrected chi connectivity index (χ0v) is 23.4. The van der Waals surface area contributed by atoms with Crippen molar-refractivity contribution in [3.8, 4) is 23.8 Å². The van der Waals surface area contributed by atoms with Crippen LogP contribution in [0.3, 0.4) is 0 Å². The fraction of sp³-hybridized carbons (Fsp3) is 0.172. The van der Waals surface area contributed by atoms with Crippen LogP contribution in [0, 0.1) is 25.1 Å². The van der Waals surface area contributed by atoms with E-state index >= 15 is 0 Å². The minimum atomic E-state index is -0.599. The lowest BCUT2D eigenvalue weighted by molar-refractivity contribution is -0.119. The molecule has 3 rings (SSSR count). The fourth-order valence-electron chi connectivity index (χ4n) is 3.28. The van der Waals surface area contributed by atoms with Gasteiger partial charge in [-0.05, 0) is 42.9 Å². The van der Waals surface area contributed by atoms with Crippen LogP contribution in [0.2, 0.25) is 0 Å². The number of aliphatic imine (C=N–C) groups is 1. The van der Waals surface area contributed by atoms with Gasteiger partial charge in [-0.1, -0.05) is 24.1 Å². The van der Waals surface area contributed by atoms with Crippen LogP contribution in [0.1, 0.15) is 16.8 Å². The Morgan fingerprint density at radius 1 is 1.26 bits per heavy atom. The average molecular weight is 562 g/mol. The lowest BCUT2D eigenvalue weighted by Crippen LogP contribution is -2.35. The fourth-order valence-corrected chi connectivity index (χ4v) is 4.36. The minimum Gasteiger partial charge on any atom is -0.453 e. The Labute approximate surface area is 237 Å². The van der Waals surface area contributed by atoms with E-state index in [4.69, 9.17) is 23.4 Å². The Morgan fingerprint density at radius 3 is 2.79 bits per heavy atom. The van der Waals surface area contributed by atoms with E-state index in [1.165, 1.54) is 23.9 Å². The van der Waals surface area contributed by atoms with Crippen LogP contribution in [-0.2, 0) is 11.2 Å². The number of halogens is 1. The van der Waals surface area contributed by atoms with E-state index in [2.05, 4.69) is 26.5 Å². The van der Waals surface area contributed by atoms with Crippen molar-refractivity contribution in [2.45, 2.75) is 18.2 Å². The Hall–Kier alpha value is -4.20. The molecule has 10 heteroatoms. The van der Waals surface area contributed by atoms with Crippen LogP contribution in [0.5, 0.6) is 11.5 Å². The maximum Gasteiger partial charge on any atom is 0.230 e. The summed E-state index contributed by atoms with van der Waals surface area (Å²) in [6.07, 6.45) is 12.5. The predicted molar refractivity (Wildman–Crippen MR) is 160 cm³/mol. The highest BCUT2D eigenvalue weighted by atomic mass is 32.2. The molecule has 1 heterocycles. The highest BCUT2D eigenvalue weighted by Gasteiger charge is 2.14. The summed E-state index contributed by atoms with van der Waals surface area (Å²) in [6.45, 7) is 1.86. The van der Waals surface area contributed by atoms with Gasteiger partial charge in [-0.2, -0.15) is 0 Å². The molecule has 7 nitrogen and oxygen atoms in total. The molecule has 0 aliphatic rings. The van der Waals surface area contributed by atoms with Crippen LogP contribution in [0.15, 0.2) is 77.0 Å². The number of thioether (sulfide) groups is 1. The molecule has 2 N–H and O–H groups in total. The molecule has 2 aromatic carbocycles. The molecule has 1 amide bonds. The molecule has 0 saturated carbocycles. The third-order valence-electron chi connectivity index (χ3n) is 5.09. The Morgan fingerprint density at radius 2 is 2.05 bits per heavy atom. The summed E-state index contributed by atoms with van der Waals surface area (Å²) in [5.41, 5.74) is 2.47. The van der Waals surface area contributed by atoms with E-state index in [0.29, 0.717) is 28.3 Å². The van der Waals surface area contributed by atoms with Crippen molar-refractivity contribution in [1.29, 1.82) is 0 Å². The van der Waals surface area contributed by atoms with E-state index in [0.717, 1.165) is 10.6 Å². The van der Waals surface area contributed by atoms with E-state index < -0.39 is 5.82 Å². The van der Waals surface area contributed by atoms with Gasteiger partial charge in [-0.25, -0.2) is 4.39 Å². The zero-order valence-electron chi connectivity index (χ0n) is 21.8. The number of thiocarbonyl (C=S) groups is 1. The maximum absolute atomic E-state index is 14.9. The second-order valence-corrected chi connectivity index (χ2v) is 9.79. The zero-order chi connectivity index (χ0) is 28.2. The molecular weight excluding hydrogens is 533 g/mol. The third kappa shape index (κ3) is 9.25. The number of carbonyl (C=O) groups excluding carboxylic acids is 1. The number of amides is 1. The summed E-state index contributed by atoms with van der Waals surface area (Å²) in [6, 6.07) is 13.2. The molecule has 0 radical (unpaired) electrons. The largest absolute Gasteiger partial charge is 0.453 e. The van der Waals surface area contributed by atoms with Crippen LogP contribution in [0.4, 0.5) is 10.1 Å². The van der Waals surface area contributed by atoms with E-state index in [1.807, 2.05) is 38.2 Å². The summed E-state index contributed by atoms with van der Waals surface area (Å²) in [4.78, 5) is 23.6.